The number of hydrogen-bond acceptors (Lipinski definition) is 2. The topological polar surface area (TPSA) is 34.9 Å². The maximum atomic E-state index is 12.6. The Kier molecular flexibility index (Phi) is 3.82. The lowest BCUT2D eigenvalue weighted by Gasteiger charge is -2.09. The molecule has 4 heteroatoms. The van der Waals surface area contributed by atoms with Crippen LogP contribution in [-0.4, -0.2) is 15.3 Å². The molecule has 0 saturated heterocycles. The van der Waals surface area contributed by atoms with E-state index in [1.54, 1.807) is 12.5 Å². The predicted molar refractivity (Wildman–Crippen MR) is 88.5 cm³/mol. The molecule has 3 nitrogen and oxygen atoms in total. The number of rotatable bonds is 3. The van der Waals surface area contributed by atoms with Crippen molar-refractivity contribution in [3.63, 3.8) is 0 Å². The van der Waals surface area contributed by atoms with Crippen molar-refractivity contribution in [3.8, 4) is 11.1 Å². The number of aromatic nitrogens is 2. The summed E-state index contributed by atoms with van der Waals surface area (Å²) in [6.45, 7) is 0.332. The summed E-state index contributed by atoms with van der Waals surface area (Å²) in [4.78, 5) is 16.6. The molecule has 2 aromatic carbocycles. The van der Waals surface area contributed by atoms with E-state index in [0.717, 1.165) is 17.5 Å². The number of carbonyl (C=O) groups is 1. The molecular weight excluding hydrogens is 296 g/mol. The van der Waals surface area contributed by atoms with Crippen molar-refractivity contribution < 1.29 is 4.79 Å². The molecule has 0 atom stereocenters. The summed E-state index contributed by atoms with van der Waals surface area (Å²) in [5.41, 5.74) is 5.66. The lowest BCUT2D eigenvalue weighted by Crippen LogP contribution is -2.10. The third-order valence-electron chi connectivity index (χ3n) is 4.00. The van der Waals surface area contributed by atoms with Crippen LogP contribution in [0, 0.1) is 0 Å². The number of ketones is 1. The molecule has 0 aliphatic heterocycles. The zero-order valence-corrected chi connectivity index (χ0v) is 12.7. The Balaban J connectivity index is 0.00000144. The van der Waals surface area contributed by atoms with Crippen LogP contribution < -0.4 is 0 Å². The Labute approximate surface area is 135 Å². The van der Waals surface area contributed by atoms with Gasteiger partial charge in [-0.15, -0.1) is 12.4 Å². The van der Waals surface area contributed by atoms with Crippen molar-refractivity contribution in [1.82, 2.24) is 9.55 Å². The minimum Gasteiger partial charge on any atom is -0.330 e. The van der Waals surface area contributed by atoms with Crippen LogP contribution in [0.5, 0.6) is 0 Å². The van der Waals surface area contributed by atoms with Crippen molar-refractivity contribution in [1.29, 1.82) is 0 Å². The first-order valence-corrected chi connectivity index (χ1v) is 7.02. The van der Waals surface area contributed by atoms with E-state index in [4.69, 9.17) is 0 Å². The number of benzene rings is 2. The molecular formula is C18H15ClN2O. The summed E-state index contributed by atoms with van der Waals surface area (Å²) in [5.74, 6) is 0.126. The van der Waals surface area contributed by atoms with Crippen LogP contribution in [-0.2, 0) is 13.0 Å². The van der Waals surface area contributed by atoms with Crippen LogP contribution in [0.25, 0.3) is 11.1 Å². The molecule has 0 amide bonds. The molecule has 110 valence electrons. The zero-order valence-electron chi connectivity index (χ0n) is 11.9. The average molecular weight is 311 g/mol. The standard InChI is InChI=1S/C18H14N2O.ClH/c21-17(11-20-9-8-19-12-20)16-7-3-5-14-10-13-4-1-2-6-15(13)18(14)16;/h1-9,12H,10-11H2;1H. The number of carbonyl (C=O) groups excluding carboxylic acids is 1. The van der Waals surface area contributed by atoms with Gasteiger partial charge in [-0.05, 0) is 28.7 Å². The van der Waals surface area contributed by atoms with Crippen molar-refractivity contribution in [2.45, 2.75) is 13.0 Å². The molecule has 0 N–H and O–H groups in total. The molecule has 0 fully saturated rings. The van der Waals surface area contributed by atoms with Crippen LogP contribution in [0.2, 0.25) is 0 Å². The first kappa shape index (κ1) is 14.5. The Morgan fingerprint density at radius 3 is 2.73 bits per heavy atom. The molecule has 0 radical (unpaired) electrons. The minimum atomic E-state index is 0. The fraction of sp³-hybridized carbons (Fsp3) is 0.111. The van der Waals surface area contributed by atoms with E-state index in [2.05, 4.69) is 29.2 Å². The first-order chi connectivity index (χ1) is 10.3. The van der Waals surface area contributed by atoms with Gasteiger partial charge >= 0.3 is 0 Å². The van der Waals surface area contributed by atoms with Crippen molar-refractivity contribution in [2.75, 3.05) is 0 Å². The molecule has 22 heavy (non-hydrogen) atoms. The highest BCUT2D eigenvalue weighted by Crippen LogP contribution is 2.38. The van der Waals surface area contributed by atoms with Gasteiger partial charge in [0.2, 0.25) is 0 Å². The highest BCUT2D eigenvalue weighted by molar-refractivity contribution is 6.04. The lowest BCUT2D eigenvalue weighted by molar-refractivity contribution is 0.0972. The van der Waals surface area contributed by atoms with Gasteiger partial charge in [0, 0.05) is 18.0 Å². The van der Waals surface area contributed by atoms with Gasteiger partial charge in [-0.25, -0.2) is 4.98 Å². The van der Waals surface area contributed by atoms with Gasteiger partial charge in [-0.3, -0.25) is 4.79 Å². The number of halogens is 1. The fourth-order valence-electron chi connectivity index (χ4n) is 3.05. The molecule has 0 saturated carbocycles. The van der Waals surface area contributed by atoms with E-state index in [0.29, 0.717) is 6.54 Å². The lowest BCUT2D eigenvalue weighted by atomic mass is 9.96. The summed E-state index contributed by atoms with van der Waals surface area (Å²) < 4.78 is 1.81. The van der Waals surface area contributed by atoms with E-state index < -0.39 is 0 Å². The summed E-state index contributed by atoms with van der Waals surface area (Å²) in [6.07, 6.45) is 6.10. The largest absolute Gasteiger partial charge is 0.330 e. The summed E-state index contributed by atoms with van der Waals surface area (Å²) >= 11 is 0. The zero-order chi connectivity index (χ0) is 14.2. The fourth-order valence-corrected chi connectivity index (χ4v) is 3.05. The van der Waals surface area contributed by atoms with Crippen molar-refractivity contribution in [2.24, 2.45) is 0 Å². The van der Waals surface area contributed by atoms with Gasteiger partial charge < -0.3 is 4.57 Å². The molecule has 0 bridgehead atoms. The van der Waals surface area contributed by atoms with E-state index in [1.165, 1.54) is 16.7 Å². The Morgan fingerprint density at radius 2 is 1.91 bits per heavy atom. The van der Waals surface area contributed by atoms with Crippen LogP contribution in [0.15, 0.2) is 61.2 Å². The molecule has 3 aromatic rings. The smallest absolute Gasteiger partial charge is 0.183 e. The van der Waals surface area contributed by atoms with E-state index in [1.807, 2.05) is 29.0 Å². The van der Waals surface area contributed by atoms with Gasteiger partial charge in [0.05, 0.1) is 12.9 Å². The molecule has 1 aliphatic carbocycles. The SMILES string of the molecule is Cl.O=C(Cn1ccnc1)c1cccc2c1-c1ccccc1C2. The first-order valence-electron chi connectivity index (χ1n) is 7.02. The van der Waals surface area contributed by atoms with Gasteiger partial charge in [-0.2, -0.15) is 0 Å². The Morgan fingerprint density at radius 1 is 1.09 bits per heavy atom. The molecule has 1 aromatic heterocycles. The number of Topliss-reactive ketones (excluding diaryl/α,β-unsaturated/α-hetero) is 1. The number of imidazole rings is 1. The normalized spacial score (nSPS) is 11.5. The third-order valence-corrected chi connectivity index (χ3v) is 4.00. The highest BCUT2D eigenvalue weighted by Gasteiger charge is 2.23. The molecule has 0 unspecified atom stereocenters. The van der Waals surface area contributed by atoms with E-state index in [-0.39, 0.29) is 18.2 Å². The number of hydrogen-bond donors (Lipinski definition) is 0. The Hall–Kier alpha value is -2.39. The monoisotopic (exact) mass is 310 g/mol. The maximum Gasteiger partial charge on any atom is 0.183 e. The quantitative estimate of drug-likeness (QED) is 0.540. The molecule has 1 heterocycles. The number of nitrogens with zero attached hydrogens (tertiary/aromatic N) is 2. The van der Waals surface area contributed by atoms with Gasteiger partial charge in [0.15, 0.2) is 5.78 Å². The van der Waals surface area contributed by atoms with Crippen molar-refractivity contribution >= 4 is 18.2 Å². The summed E-state index contributed by atoms with van der Waals surface area (Å²) in [6, 6.07) is 14.4. The summed E-state index contributed by atoms with van der Waals surface area (Å²) in [5, 5.41) is 0. The number of fused-ring (bicyclic) bond motifs is 3. The van der Waals surface area contributed by atoms with Crippen molar-refractivity contribution in [3.05, 3.63) is 77.9 Å². The second kappa shape index (κ2) is 5.78. The van der Waals surface area contributed by atoms with Crippen LogP contribution in [0.1, 0.15) is 21.5 Å². The van der Waals surface area contributed by atoms with Crippen LogP contribution in [0.3, 0.4) is 0 Å². The van der Waals surface area contributed by atoms with E-state index in [9.17, 15) is 4.79 Å². The van der Waals surface area contributed by atoms with Gasteiger partial charge in [0.25, 0.3) is 0 Å². The second-order valence-electron chi connectivity index (χ2n) is 5.33. The summed E-state index contributed by atoms with van der Waals surface area (Å²) in [7, 11) is 0. The molecule has 1 aliphatic rings. The van der Waals surface area contributed by atoms with Crippen LogP contribution in [0.4, 0.5) is 0 Å². The maximum absolute atomic E-state index is 12.6. The minimum absolute atomic E-state index is 0. The Bertz CT molecular complexity index is 825. The van der Waals surface area contributed by atoms with E-state index >= 15 is 0 Å². The van der Waals surface area contributed by atoms with Gasteiger partial charge in [-0.1, -0.05) is 42.5 Å². The molecule has 0 spiro atoms. The molecule has 4 rings (SSSR count). The predicted octanol–water partition coefficient (Wildman–Crippen LogP) is 3.76. The highest BCUT2D eigenvalue weighted by atomic mass is 35.5. The van der Waals surface area contributed by atoms with Crippen LogP contribution >= 0.6 is 12.4 Å². The second-order valence-corrected chi connectivity index (χ2v) is 5.33. The van der Waals surface area contributed by atoms with Gasteiger partial charge in [0.1, 0.15) is 0 Å². The average Bonchev–Trinajstić information content (AvgIpc) is 3.13. The third kappa shape index (κ3) is 2.34.